The molecule has 11 heteroatoms. The Kier molecular flexibility index (Phi) is 8.18. The van der Waals surface area contributed by atoms with Crippen LogP contribution in [0.1, 0.15) is 31.2 Å². The van der Waals surface area contributed by atoms with Crippen LogP contribution in [-0.4, -0.2) is 49.7 Å². The number of allylic oxidation sites excluding steroid dienone is 6. The molecule has 4 aliphatic rings. The number of carbonyl (C=O) groups excluding carboxylic acids is 4. The number of nitrogens with zero attached hydrogens (tertiary/aromatic N) is 4. The first kappa shape index (κ1) is 32.4. The Labute approximate surface area is 291 Å². The van der Waals surface area contributed by atoms with E-state index in [1.54, 1.807) is 43.3 Å². The number of benzene rings is 3. The Bertz CT molecular complexity index is 2060. The van der Waals surface area contributed by atoms with Gasteiger partial charge in [-0.2, -0.15) is 10.2 Å². The zero-order valence-electron chi connectivity index (χ0n) is 27.3. The van der Waals surface area contributed by atoms with Gasteiger partial charge >= 0.3 is 0 Å². The Morgan fingerprint density at radius 3 is 2.20 bits per heavy atom. The fourth-order valence-electron chi connectivity index (χ4n) is 7.51. The van der Waals surface area contributed by atoms with E-state index in [1.165, 1.54) is 18.1 Å². The Balaban J connectivity index is 1.21. The van der Waals surface area contributed by atoms with Gasteiger partial charge in [-0.05, 0) is 114 Å². The predicted octanol–water partition coefficient (Wildman–Crippen LogP) is 7.28. The topological polar surface area (TPSA) is 129 Å². The number of phenolic OH excluding ortho intramolecular Hbond substituents is 1. The van der Waals surface area contributed by atoms with Crippen molar-refractivity contribution in [3.63, 3.8) is 0 Å². The first-order chi connectivity index (χ1) is 23.5. The second-order valence-corrected chi connectivity index (χ2v) is 13.8. The van der Waals surface area contributed by atoms with Gasteiger partial charge in [0.25, 0.3) is 0 Å². The van der Waals surface area contributed by atoms with Crippen LogP contribution in [-0.2, 0) is 19.2 Å². The molecule has 1 N–H and O–H groups in total. The van der Waals surface area contributed by atoms with Gasteiger partial charge in [0.15, 0.2) is 23.1 Å². The number of hydrogen-bond donors (Lipinski definition) is 1. The van der Waals surface area contributed by atoms with E-state index in [0.717, 1.165) is 11.3 Å². The number of carbonyl (C=O) groups is 4. The third-order valence-corrected chi connectivity index (χ3v) is 10.5. The average molecular weight is 722 g/mol. The predicted molar refractivity (Wildman–Crippen MR) is 188 cm³/mol. The Morgan fingerprint density at radius 2 is 1.57 bits per heavy atom. The zero-order valence-corrected chi connectivity index (χ0v) is 28.9. The number of ether oxygens (including phenoxy) is 1. The average Bonchev–Trinajstić information content (AvgIpc) is 3.36. The summed E-state index contributed by atoms with van der Waals surface area (Å²) in [5, 5.41) is 19.2. The molecule has 1 aliphatic heterocycles. The van der Waals surface area contributed by atoms with Gasteiger partial charge in [-0.1, -0.05) is 11.6 Å². The van der Waals surface area contributed by atoms with Crippen LogP contribution >= 0.6 is 15.9 Å². The zero-order chi connectivity index (χ0) is 34.7. The minimum absolute atomic E-state index is 0.0917. The maximum absolute atomic E-state index is 14.3. The van der Waals surface area contributed by atoms with Crippen molar-refractivity contribution in [2.75, 3.05) is 31.0 Å². The highest BCUT2D eigenvalue weighted by molar-refractivity contribution is 9.10. The maximum atomic E-state index is 14.3. The van der Waals surface area contributed by atoms with Crippen molar-refractivity contribution < 1.29 is 29.0 Å². The van der Waals surface area contributed by atoms with Gasteiger partial charge in [0.2, 0.25) is 11.8 Å². The molecule has 1 fully saturated rings. The smallest absolute Gasteiger partial charge is 0.238 e. The van der Waals surface area contributed by atoms with E-state index in [9.17, 15) is 24.3 Å². The van der Waals surface area contributed by atoms with Gasteiger partial charge in [-0.15, -0.1) is 0 Å². The van der Waals surface area contributed by atoms with Gasteiger partial charge in [-0.25, -0.2) is 0 Å². The lowest BCUT2D eigenvalue weighted by Crippen LogP contribution is -2.39. The number of phenols is 1. The highest BCUT2D eigenvalue weighted by atomic mass is 79.9. The minimum Gasteiger partial charge on any atom is -0.503 e. The Morgan fingerprint density at radius 1 is 0.918 bits per heavy atom. The van der Waals surface area contributed by atoms with Crippen molar-refractivity contribution in [2.24, 2.45) is 28.0 Å². The molecule has 0 bridgehead atoms. The van der Waals surface area contributed by atoms with Crippen molar-refractivity contribution in [3.8, 4) is 11.5 Å². The number of rotatable bonds is 6. The standard InChI is InChI=1S/C38H33BrN4O6/c1-19-15-30(44)28-18-27-25(32(34(28)35(19)45)20-16-29(39)36(46)31(17-20)49-4)13-14-26-33(27)38(48)43(37(26)47)24-11-7-22(8-12-24)41-40-21-5-9-23(10-6-21)42(2)3/h5-13,15-17,26-27,32-33,46H,14,18H2,1-4H3. The van der Waals surface area contributed by atoms with Crippen molar-refractivity contribution in [2.45, 2.75) is 25.7 Å². The van der Waals surface area contributed by atoms with Gasteiger partial charge in [0.1, 0.15) is 0 Å². The molecule has 10 nitrogen and oxygen atoms in total. The second-order valence-electron chi connectivity index (χ2n) is 12.9. The molecule has 4 atom stereocenters. The van der Waals surface area contributed by atoms with E-state index >= 15 is 0 Å². The molecular weight excluding hydrogens is 688 g/mol. The number of anilines is 2. The van der Waals surface area contributed by atoms with Crippen LogP contribution in [0, 0.1) is 17.8 Å². The summed E-state index contributed by atoms with van der Waals surface area (Å²) in [6, 6.07) is 17.8. The summed E-state index contributed by atoms with van der Waals surface area (Å²) in [7, 11) is 5.36. The van der Waals surface area contributed by atoms with Crippen molar-refractivity contribution in [1.29, 1.82) is 0 Å². The highest BCUT2D eigenvalue weighted by Gasteiger charge is 2.56. The van der Waals surface area contributed by atoms with Gasteiger partial charge in [0.05, 0.1) is 40.5 Å². The summed E-state index contributed by atoms with van der Waals surface area (Å²) >= 11 is 3.40. The molecule has 1 heterocycles. The summed E-state index contributed by atoms with van der Waals surface area (Å²) in [5.74, 6) is -3.51. The van der Waals surface area contributed by atoms with E-state index in [-0.39, 0.29) is 41.3 Å². The molecule has 3 aromatic carbocycles. The quantitative estimate of drug-likeness (QED) is 0.123. The first-order valence-corrected chi connectivity index (χ1v) is 16.7. The second kappa shape index (κ2) is 12.4. The number of imide groups is 1. The van der Waals surface area contributed by atoms with Gasteiger partial charge < -0.3 is 14.7 Å². The minimum atomic E-state index is -0.717. The third kappa shape index (κ3) is 5.42. The lowest BCUT2D eigenvalue weighted by Gasteiger charge is -2.42. The molecule has 4 unspecified atom stereocenters. The number of azo groups is 1. The summed E-state index contributed by atoms with van der Waals surface area (Å²) in [4.78, 5) is 58.6. The number of methoxy groups -OCH3 is 1. The maximum Gasteiger partial charge on any atom is 0.238 e. The van der Waals surface area contributed by atoms with Crippen molar-refractivity contribution in [3.05, 3.63) is 105 Å². The molecule has 248 valence electrons. The van der Waals surface area contributed by atoms with Crippen LogP contribution in [0.4, 0.5) is 22.7 Å². The first-order valence-electron chi connectivity index (χ1n) is 15.9. The van der Waals surface area contributed by atoms with E-state index in [0.29, 0.717) is 50.2 Å². The fraction of sp³-hybridized carbons (Fsp3) is 0.263. The number of ketones is 2. The molecule has 1 saturated heterocycles. The van der Waals surface area contributed by atoms with Crippen LogP contribution in [0.15, 0.2) is 110 Å². The normalized spacial score (nSPS) is 23.3. The molecule has 0 aromatic heterocycles. The summed E-state index contributed by atoms with van der Waals surface area (Å²) in [6.07, 6.45) is 3.79. The molecule has 7 rings (SSSR count). The summed E-state index contributed by atoms with van der Waals surface area (Å²) in [6.45, 7) is 1.62. The van der Waals surface area contributed by atoms with Crippen LogP contribution < -0.4 is 14.5 Å². The number of amides is 2. The molecule has 49 heavy (non-hydrogen) atoms. The number of fused-ring (bicyclic) bond motifs is 3. The summed E-state index contributed by atoms with van der Waals surface area (Å²) < 4.78 is 5.79. The number of halogens is 1. The van der Waals surface area contributed by atoms with Gasteiger partial charge in [-0.3, -0.25) is 24.1 Å². The monoisotopic (exact) mass is 720 g/mol. The lowest BCUT2D eigenvalue weighted by molar-refractivity contribution is -0.123. The van der Waals surface area contributed by atoms with E-state index in [1.807, 2.05) is 49.3 Å². The lowest BCUT2D eigenvalue weighted by atomic mass is 9.59. The Hall–Kier alpha value is -5.16. The van der Waals surface area contributed by atoms with Crippen LogP contribution in [0.5, 0.6) is 11.5 Å². The van der Waals surface area contributed by atoms with Crippen molar-refractivity contribution in [1.82, 2.24) is 0 Å². The van der Waals surface area contributed by atoms with Crippen LogP contribution in [0.2, 0.25) is 0 Å². The number of hydrogen-bond acceptors (Lipinski definition) is 9. The molecule has 2 amide bonds. The van der Waals surface area contributed by atoms with E-state index in [4.69, 9.17) is 4.74 Å². The molecular formula is C38H33BrN4O6. The molecule has 0 spiro atoms. The molecule has 0 saturated carbocycles. The molecule has 3 aromatic rings. The fourth-order valence-corrected chi connectivity index (χ4v) is 7.97. The van der Waals surface area contributed by atoms with Crippen molar-refractivity contribution >= 4 is 62.1 Å². The highest BCUT2D eigenvalue weighted by Crippen LogP contribution is 2.56. The third-order valence-electron chi connectivity index (χ3n) is 9.92. The molecule has 0 radical (unpaired) electrons. The summed E-state index contributed by atoms with van der Waals surface area (Å²) in [5.41, 5.74) is 5.25. The van der Waals surface area contributed by atoms with Crippen LogP contribution in [0.25, 0.3) is 0 Å². The SMILES string of the molecule is COc1cc(C2C3=CCC4C(=O)N(c5ccc(N=Nc6ccc(N(C)C)cc6)cc5)C(=O)C4C3CC3=C2C(=O)C(C)=CC3=O)cc(Br)c1O. The van der Waals surface area contributed by atoms with E-state index < -0.39 is 23.7 Å². The number of Topliss-reactive ketones (excluding diaryl/α,β-unsaturated/α-hetero) is 1. The van der Waals surface area contributed by atoms with Crippen LogP contribution in [0.3, 0.4) is 0 Å². The van der Waals surface area contributed by atoms with Gasteiger partial charge in [0, 0.05) is 42.4 Å². The van der Waals surface area contributed by atoms with E-state index in [2.05, 4.69) is 26.2 Å². The molecule has 3 aliphatic carbocycles. The largest absolute Gasteiger partial charge is 0.503 e. The number of aromatic hydroxyl groups is 1.